The van der Waals surface area contributed by atoms with Crippen LogP contribution in [-0.2, 0) is 4.79 Å². The van der Waals surface area contributed by atoms with Gasteiger partial charge in [-0.1, -0.05) is 0 Å². The van der Waals surface area contributed by atoms with Gasteiger partial charge < -0.3 is 15.1 Å². The molecule has 1 aliphatic heterocycles. The lowest BCUT2D eigenvalue weighted by Crippen LogP contribution is -2.48. The second kappa shape index (κ2) is 7.51. The molecule has 0 atom stereocenters. The van der Waals surface area contributed by atoms with E-state index in [9.17, 15) is 9.59 Å². The zero-order chi connectivity index (χ0) is 18.7. The van der Waals surface area contributed by atoms with E-state index in [1.165, 1.54) is 0 Å². The molecule has 2 aromatic rings. The van der Waals surface area contributed by atoms with Crippen molar-refractivity contribution < 1.29 is 9.59 Å². The van der Waals surface area contributed by atoms with Gasteiger partial charge in [-0.25, -0.2) is 4.98 Å². The van der Waals surface area contributed by atoms with E-state index in [0.717, 1.165) is 24.5 Å². The van der Waals surface area contributed by atoms with E-state index in [1.807, 2.05) is 30.0 Å². The Kier molecular flexibility index (Phi) is 5.16. The van der Waals surface area contributed by atoms with E-state index in [-0.39, 0.29) is 11.7 Å². The number of hydrogen-bond donors (Lipinski definition) is 1. The highest BCUT2D eigenvalue weighted by molar-refractivity contribution is 5.94. The molecule has 1 saturated heterocycles. The highest BCUT2D eigenvalue weighted by Crippen LogP contribution is 2.20. The van der Waals surface area contributed by atoms with Crippen LogP contribution < -0.4 is 10.2 Å². The summed E-state index contributed by atoms with van der Waals surface area (Å²) in [5.41, 5.74) is 2.41. The maximum atomic E-state index is 11.5. The van der Waals surface area contributed by atoms with Gasteiger partial charge >= 0.3 is 0 Å². The molecular weight excluding hydrogens is 330 g/mol. The number of Topliss-reactive ketones (excluding diaryl/α,β-unsaturated/α-hetero) is 1. The van der Waals surface area contributed by atoms with Gasteiger partial charge in [0.05, 0.1) is 0 Å². The van der Waals surface area contributed by atoms with Crippen molar-refractivity contribution in [1.82, 2.24) is 14.9 Å². The number of aryl methyl sites for hydroxylation is 1. The average molecular weight is 353 g/mol. The normalized spacial score (nSPS) is 14.3. The third-order valence-electron chi connectivity index (χ3n) is 4.41. The maximum absolute atomic E-state index is 11.5. The number of rotatable bonds is 4. The molecule has 3 rings (SSSR count). The van der Waals surface area contributed by atoms with Gasteiger partial charge in [-0.3, -0.25) is 9.59 Å². The number of nitrogens with zero attached hydrogens (tertiary/aromatic N) is 4. The Hall–Kier alpha value is -2.96. The Labute approximate surface area is 153 Å². The number of aromatic nitrogens is 2. The number of piperazine rings is 1. The van der Waals surface area contributed by atoms with Gasteiger partial charge in [0.1, 0.15) is 5.82 Å². The molecule has 7 nitrogen and oxygen atoms in total. The predicted octanol–water partition coefficient (Wildman–Crippen LogP) is 2.40. The quantitative estimate of drug-likeness (QED) is 0.851. The molecule has 0 spiro atoms. The van der Waals surface area contributed by atoms with Crippen LogP contribution in [0.3, 0.4) is 0 Å². The van der Waals surface area contributed by atoms with Crippen LogP contribution in [0, 0.1) is 6.92 Å². The zero-order valence-corrected chi connectivity index (χ0v) is 15.3. The van der Waals surface area contributed by atoms with Crippen LogP contribution in [0.1, 0.15) is 29.9 Å². The van der Waals surface area contributed by atoms with E-state index in [0.29, 0.717) is 30.4 Å². The summed E-state index contributed by atoms with van der Waals surface area (Å²) >= 11 is 0. The molecule has 0 bridgehead atoms. The van der Waals surface area contributed by atoms with Crippen molar-refractivity contribution in [2.24, 2.45) is 0 Å². The molecule has 7 heteroatoms. The SMILES string of the molecule is CC(=O)c1ccc(Nc2cc(C)nc(N3CCN(C(C)=O)CC3)n2)cc1. The van der Waals surface area contributed by atoms with Crippen LogP contribution in [0.5, 0.6) is 0 Å². The van der Waals surface area contributed by atoms with Crippen LogP contribution in [-0.4, -0.2) is 52.7 Å². The molecule has 1 aromatic heterocycles. The molecule has 0 saturated carbocycles. The average Bonchev–Trinajstić information content (AvgIpc) is 2.61. The molecule has 2 heterocycles. The Morgan fingerprint density at radius 2 is 1.65 bits per heavy atom. The second-order valence-electron chi connectivity index (χ2n) is 6.45. The molecule has 0 radical (unpaired) electrons. The second-order valence-corrected chi connectivity index (χ2v) is 6.45. The Bertz CT molecular complexity index is 811. The summed E-state index contributed by atoms with van der Waals surface area (Å²) in [6.45, 7) is 7.88. The van der Waals surface area contributed by atoms with E-state index >= 15 is 0 Å². The lowest BCUT2D eigenvalue weighted by Gasteiger charge is -2.34. The fourth-order valence-corrected chi connectivity index (χ4v) is 2.92. The first kappa shape index (κ1) is 17.8. The molecular formula is C19H23N5O2. The third kappa shape index (κ3) is 4.17. The standard InChI is InChI=1S/C19H23N5O2/c1-13-12-18(21-17-6-4-16(5-7-17)14(2)25)22-19(20-13)24-10-8-23(9-11-24)15(3)26/h4-7,12H,8-11H2,1-3H3,(H,20,21,22). The topological polar surface area (TPSA) is 78.4 Å². The number of nitrogens with one attached hydrogen (secondary N) is 1. The Morgan fingerprint density at radius 1 is 1.00 bits per heavy atom. The highest BCUT2D eigenvalue weighted by Gasteiger charge is 2.21. The van der Waals surface area contributed by atoms with Crippen molar-refractivity contribution in [2.75, 3.05) is 36.4 Å². The number of anilines is 3. The van der Waals surface area contributed by atoms with Gasteiger partial charge in [-0.15, -0.1) is 0 Å². The summed E-state index contributed by atoms with van der Waals surface area (Å²) in [7, 11) is 0. The minimum atomic E-state index is 0.0430. The number of carbonyl (C=O) groups excluding carboxylic acids is 2. The number of hydrogen-bond acceptors (Lipinski definition) is 6. The van der Waals surface area contributed by atoms with Crippen molar-refractivity contribution in [3.63, 3.8) is 0 Å². The van der Waals surface area contributed by atoms with E-state index in [2.05, 4.69) is 20.2 Å². The summed E-state index contributed by atoms with van der Waals surface area (Å²) < 4.78 is 0. The van der Waals surface area contributed by atoms with Gasteiger partial charge in [0, 0.05) is 56.1 Å². The van der Waals surface area contributed by atoms with Gasteiger partial charge in [0.2, 0.25) is 11.9 Å². The first-order valence-corrected chi connectivity index (χ1v) is 8.66. The molecule has 1 N–H and O–H groups in total. The van der Waals surface area contributed by atoms with Gasteiger partial charge in [-0.2, -0.15) is 4.98 Å². The first-order valence-electron chi connectivity index (χ1n) is 8.66. The van der Waals surface area contributed by atoms with Crippen LogP contribution in [0.2, 0.25) is 0 Å². The Balaban J connectivity index is 1.73. The minimum absolute atomic E-state index is 0.0430. The molecule has 1 aromatic carbocycles. The molecule has 136 valence electrons. The lowest BCUT2D eigenvalue weighted by atomic mass is 10.1. The molecule has 1 fully saturated rings. The van der Waals surface area contributed by atoms with Crippen molar-refractivity contribution in [3.8, 4) is 0 Å². The maximum Gasteiger partial charge on any atom is 0.227 e. The van der Waals surface area contributed by atoms with Crippen LogP contribution in [0.25, 0.3) is 0 Å². The van der Waals surface area contributed by atoms with E-state index in [4.69, 9.17) is 0 Å². The molecule has 1 amide bonds. The molecule has 0 unspecified atom stereocenters. The molecule has 1 aliphatic rings. The monoisotopic (exact) mass is 353 g/mol. The summed E-state index contributed by atoms with van der Waals surface area (Å²) in [5, 5.41) is 3.26. The summed E-state index contributed by atoms with van der Waals surface area (Å²) in [6, 6.07) is 9.19. The predicted molar refractivity (Wildman–Crippen MR) is 101 cm³/mol. The van der Waals surface area contributed by atoms with Gasteiger partial charge in [0.25, 0.3) is 0 Å². The zero-order valence-electron chi connectivity index (χ0n) is 15.3. The van der Waals surface area contributed by atoms with E-state index < -0.39 is 0 Å². The molecule has 26 heavy (non-hydrogen) atoms. The van der Waals surface area contributed by atoms with E-state index in [1.54, 1.807) is 26.0 Å². The highest BCUT2D eigenvalue weighted by atomic mass is 16.2. The first-order chi connectivity index (χ1) is 12.4. The van der Waals surface area contributed by atoms with Crippen molar-refractivity contribution in [3.05, 3.63) is 41.6 Å². The fraction of sp³-hybridized carbons (Fsp3) is 0.368. The summed E-state index contributed by atoms with van der Waals surface area (Å²) in [6.07, 6.45) is 0. The van der Waals surface area contributed by atoms with Crippen molar-refractivity contribution in [1.29, 1.82) is 0 Å². The number of amides is 1. The number of ketones is 1. The van der Waals surface area contributed by atoms with Crippen LogP contribution in [0.15, 0.2) is 30.3 Å². The Morgan fingerprint density at radius 3 is 2.23 bits per heavy atom. The smallest absolute Gasteiger partial charge is 0.227 e. The lowest BCUT2D eigenvalue weighted by molar-refractivity contribution is -0.129. The van der Waals surface area contributed by atoms with Crippen molar-refractivity contribution in [2.45, 2.75) is 20.8 Å². The number of benzene rings is 1. The minimum Gasteiger partial charge on any atom is -0.340 e. The summed E-state index contributed by atoms with van der Waals surface area (Å²) in [4.78, 5) is 35.9. The third-order valence-corrected chi connectivity index (χ3v) is 4.41. The largest absolute Gasteiger partial charge is 0.340 e. The summed E-state index contributed by atoms with van der Waals surface area (Å²) in [5.74, 6) is 1.51. The van der Waals surface area contributed by atoms with Crippen LogP contribution in [0.4, 0.5) is 17.5 Å². The van der Waals surface area contributed by atoms with Gasteiger partial charge in [-0.05, 0) is 38.1 Å². The fourth-order valence-electron chi connectivity index (χ4n) is 2.92. The molecule has 0 aliphatic carbocycles. The van der Waals surface area contributed by atoms with Crippen molar-refractivity contribution >= 4 is 29.1 Å². The number of carbonyl (C=O) groups is 2. The van der Waals surface area contributed by atoms with Crippen LogP contribution >= 0.6 is 0 Å². The van der Waals surface area contributed by atoms with Gasteiger partial charge in [0.15, 0.2) is 5.78 Å².